The van der Waals surface area contributed by atoms with Crippen LogP contribution in [0.1, 0.15) is 39.0 Å². The SMILES string of the molecule is CC(=O)OCCC1CCN2C(=O)CCC2C1. The average Bonchev–Trinajstić information content (AvgIpc) is 2.60. The molecule has 0 N–H and O–H groups in total. The highest BCUT2D eigenvalue weighted by Crippen LogP contribution is 2.32. The summed E-state index contributed by atoms with van der Waals surface area (Å²) < 4.78 is 4.96. The third kappa shape index (κ3) is 2.54. The Hall–Kier alpha value is -1.06. The zero-order chi connectivity index (χ0) is 11.5. The lowest BCUT2D eigenvalue weighted by Crippen LogP contribution is -2.40. The van der Waals surface area contributed by atoms with Crippen molar-refractivity contribution in [3.05, 3.63) is 0 Å². The molecular formula is C12H19NO3. The molecule has 0 radical (unpaired) electrons. The number of ether oxygens (including phenoxy) is 1. The molecule has 0 aliphatic carbocycles. The Bertz CT molecular complexity index is 290. The van der Waals surface area contributed by atoms with Crippen molar-refractivity contribution in [1.29, 1.82) is 0 Å². The molecule has 90 valence electrons. The number of amides is 1. The van der Waals surface area contributed by atoms with E-state index in [9.17, 15) is 9.59 Å². The fraction of sp³-hybridized carbons (Fsp3) is 0.833. The number of fused-ring (bicyclic) bond motifs is 1. The second kappa shape index (κ2) is 4.85. The minimum Gasteiger partial charge on any atom is -0.466 e. The van der Waals surface area contributed by atoms with Gasteiger partial charge in [0.15, 0.2) is 0 Å². The largest absolute Gasteiger partial charge is 0.466 e. The molecule has 2 heterocycles. The van der Waals surface area contributed by atoms with Crippen LogP contribution >= 0.6 is 0 Å². The highest BCUT2D eigenvalue weighted by atomic mass is 16.5. The molecule has 2 fully saturated rings. The lowest BCUT2D eigenvalue weighted by molar-refractivity contribution is -0.141. The van der Waals surface area contributed by atoms with Crippen LogP contribution in [0.3, 0.4) is 0 Å². The molecule has 4 heteroatoms. The molecule has 0 spiro atoms. The van der Waals surface area contributed by atoms with Crippen molar-refractivity contribution < 1.29 is 14.3 Å². The van der Waals surface area contributed by atoms with Gasteiger partial charge < -0.3 is 9.64 Å². The van der Waals surface area contributed by atoms with Gasteiger partial charge in [-0.15, -0.1) is 0 Å². The van der Waals surface area contributed by atoms with E-state index in [0.717, 1.165) is 38.6 Å². The first-order valence-corrected chi connectivity index (χ1v) is 6.09. The summed E-state index contributed by atoms with van der Waals surface area (Å²) in [7, 11) is 0. The fourth-order valence-corrected chi connectivity index (χ4v) is 2.80. The Morgan fingerprint density at radius 3 is 3.06 bits per heavy atom. The summed E-state index contributed by atoms with van der Waals surface area (Å²) in [5.41, 5.74) is 0. The maximum Gasteiger partial charge on any atom is 0.302 e. The first-order chi connectivity index (χ1) is 7.66. The predicted molar refractivity (Wildman–Crippen MR) is 58.7 cm³/mol. The van der Waals surface area contributed by atoms with Gasteiger partial charge in [-0.25, -0.2) is 0 Å². The maximum atomic E-state index is 11.5. The van der Waals surface area contributed by atoms with E-state index in [-0.39, 0.29) is 5.97 Å². The number of hydrogen-bond donors (Lipinski definition) is 0. The summed E-state index contributed by atoms with van der Waals surface area (Å²) in [4.78, 5) is 24.1. The summed E-state index contributed by atoms with van der Waals surface area (Å²) in [6.45, 7) is 2.87. The molecule has 16 heavy (non-hydrogen) atoms. The van der Waals surface area contributed by atoms with Gasteiger partial charge in [0, 0.05) is 25.9 Å². The number of esters is 1. The Morgan fingerprint density at radius 1 is 1.50 bits per heavy atom. The second-order valence-corrected chi connectivity index (χ2v) is 4.80. The Labute approximate surface area is 95.9 Å². The second-order valence-electron chi connectivity index (χ2n) is 4.80. The topological polar surface area (TPSA) is 46.6 Å². The van der Waals surface area contributed by atoms with Gasteiger partial charge in [0.1, 0.15) is 0 Å². The van der Waals surface area contributed by atoms with Crippen LogP contribution in [0.25, 0.3) is 0 Å². The van der Waals surface area contributed by atoms with E-state index in [0.29, 0.717) is 24.5 Å². The highest BCUT2D eigenvalue weighted by molar-refractivity contribution is 5.78. The zero-order valence-corrected chi connectivity index (χ0v) is 9.78. The zero-order valence-electron chi connectivity index (χ0n) is 9.78. The van der Waals surface area contributed by atoms with Crippen molar-refractivity contribution in [2.24, 2.45) is 5.92 Å². The van der Waals surface area contributed by atoms with Crippen LogP contribution in [0, 0.1) is 5.92 Å². The van der Waals surface area contributed by atoms with Crippen LogP contribution in [0.5, 0.6) is 0 Å². The smallest absolute Gasteiger partial charge is 0.302 e. The van der Waals surface area contributed by atoms with Gasteiger partial charge in [-0.05, 0) is 31.6 Å². The number of hydrogen-bond acceptors (Lipinski definition) is 3. The van der Waals surface area contributed by atoms with E-state index < -0.39 is 0 Å². The standard InChI is InChI=1S/C12H19NO3/c1-9(14)16-7-5-10-4-6-13-11(8-10)2-3-12(13)15/h10-11H,2-8H2,1H3. The van der Waals surface area contributed by atoms with Crippen LogP contribution < -0.4 is 0 Å². The molecule has 0 aromatic rings. The lowest BCUT2D eigenvalue weighted by Gasteiger charge is -2.34. The molecule has 0 aromatic heterocycles. The molecule has 0 bridgehead atoms. The van der Waals surface area contributed by atoms with E-state index >= 15 is 0 Å². The van der Waals surface area contributed by atoms with Crippen molar-refractivity contribution in [1.82, 2.24) is 4.90 Å². The first kappa shape index (κ1) is 11.4. The molecule has 2 unspecified atom stereocenters. The molecule has 2 aliphatic rings. The van der Waals surface area contributed by atoms with E-state index in [1.165, 1.54) is 6.92 Å². The van der Waals surface area contributed by atoms with Gasteiger partial charge in [0.25, 0.3) is 0 Å². The van der Waals surface area contributed by atoms with Gasteiger partial charge in [-0.3, -0.25) is 9.59 Å². The van der Waals surface area contributed by atoms with E-state index in [1.54, 1.807) is 0 Å². The van der Waals surface area contributed by atoms with E-state index in [4.69, 9.17) is 4.74 Å². The van der Waals surface area contributed by atoms with Crippen LogP contribution in [0.2, 0.25) is 0 Å². The van der Waals surface area contributed by atoms with Crippen molar-refractivity contribution in [2.45, 2.75) is 45.1 Å². The van der Waals surface area contributed by atoms with Crippen LogP contribution in [0.15, 0.2) is 0 Å². The molecule has 1 amide bonds. The quantitative estimate of drug-likeness (QED) is 0.681. The van der Waals surface area contributed by atoms with Gasteiger partial charge in [0.05, 0.1) is 6.61 Å². The lowest BCUT2D eigenvalue weighted by atomic mass is 9.89. The Morgan fingerprint density at radius 2 is 2.31 bits per heavy atom. The number of carbonyl (C=O) groups excluding carboxylic acids is 2. The number of carbonyl (C=O) groups is 2. The fourth-order valence-electron chi connectivity index (χ4n) is 2.80. The average molecular weight is 225 g/mol. The Balaban J connectivity index is 1.74. The van der Waals surface area contributed by atoms with Crippen LogP contribution in [0.4, 0.5) is 0 Å². The minimum atomic E-state index is -0.200. The third-order valence-corrected chi connectivity index (χ3v) is 3.67. The predicted octanol–water partition coefficient (Wildman–Crippen LogP) is 1.34. The summed E-state index contributed by atoms with van der Waals surface area (Å²) in [5, 5.41) is 0. The molecule has 2 saturated heterocycles. The van der Waals surface area contributed by atoms with Crippen molar-refractivity contribution >= 4 is 11.9 Å². The normalized spacial score (nSPS) is 29.1. The molecule has 4 nitrogen and oxygen atoms in total. The molecule has 0 aromatic carbocycles. The number of rotatable bonds is 3. The summed E-state index contributed by atoms with van der Waals surface area (Å²) in [5.74, 6) is 0.739. The summed E-state index contributed by atoms with van der Waals surface area (Å²) in [6.07, 6.45) is 4.83. The summed E-state index contributed by atoms with van der Waals surface area (Å²) >= 11 is 0. The highest BCUT2D eigenvalue weighted by Gasteiger charge is 2.35. The van der Waals surface area contributed by atoms with Gasteiger partial charge in [-0.1, -0.05) is 0 Å². The molecule has 2 rings (SSSR count). The van der Waals surface area contributed by atoms with Crippen molar-refractivity contribution in [2.75, 3.05) is 13.2 Å². The monoisotopic (exact) mass is 225 g/mol. The van der Waals surface area contributed by atoms with Crippen LogP contribution in [-0.2, 0) is 14.3 Å². The number of nitrogens with zero attached hydrogens (tertiary/aromatic N) is 1. The Kier molecular flexibility index (Phi) is 3.46. The van der Waals surface area contributed by atoms with Gasteiger partial charge in [-0.2, -0.15) is 0 Å². The first-order valence-electron chi connectivity index (χ1n) is 6.09. The van der Waals surface area contributed by atoms with E-state index in [1.807, 2.05) is 4.90 Å². The summed E-state index contributed by atoms with van der Waals surface area (Å²) in [6, 6.07) is 0.462. The molecule has 2 atom stereocenters. The van der Waals surface area contributed by atoms with Crippen LogP contribution in [-0.4, -0.2) is 36.0 Å². The molecule has 2 aliphatic heterocycles. The van der Waals surface area contributed by atoms with Gasteiger partial charge >= 0.3 is 5.97 Å². The van der Waals surface area contributed by atoms with E-state index in [2.05, 4.69) is 0 Å². The third-order valence-electron chi connectivity index (χ3n) is 3.67. The molecular weight excluding hydrogens is 206 g/mol. The maximum absolute atomic E-state index is 11.5. The van der Waals surface area contributed by atoms with Crippen molar-refractivity contribution in [3.8, 4) is 0 Å². The minimum absolute atomic E-state index is 0.200. The number of piperidine rings is 1. The molecule has 0 saturated carbocycles. The van der Waals surface area contributed by atoms with Gasteiger partial charge in [0.2, 0.25) is 5.91 Å². The van der Waals surface area contributed by atoms with Crippen molar-refractivity contribution in [3.63, 3.8) is 0 Å².